The molecule has 1 aromatic heterocycles. The zero-order valence-corrected chi connectivity index (χ0v) is 10.1. The lowest BCUT2D eigenvalue weighted by molar-refractivity contribution is -0.128. The number of aromatic nitrogens is 1. The summed E-state index contributed by atoms with van der Waals surface area (Å²) in [7, 11) is 0. The van der Waals surface area contributed by atoms with Crippen molar-refractivity contribution in [1.29, 1.82) is 0 Å². The van der Waals surface area contributed by atoms with E-state index in [4.69, 9.17) is 0 Å². The highest BCUT2D eigenvalue weighted by Crippen LogP contribution is 2.21. The van der Waals surface area contributed by atoms with Gasteiger partial charge in [-0.05, 0) is 5.92 Å². The summed E-state index contributed by atoms with van der Waals surface area (Å²) >= 11 is 5.02. The van der Waals surface area contributed by atoms with Crippen molar-refractivity contribution < 1.29 is 4.79 Å². The quantitative estimate of drug-likeness (QED) is 0.789. The number of halogens is 1. The van der Waals surface area contributed by atoms with Crippen molar-refractivity contribution in [2.45, 2.75) is 13.0 Å². The highest BCUT2D eigenvalue weighted by Gasteiger charge is 2.28. The second kappa shape index (κ2) is 4.40. The molecule has 3 nitrogen and oxygen atoms in total. The summed E-state index contributed by atoms with van der Waals surface area (Å²) in [6, 6.07) is 0. The van der Waals surface area contributed by atoms with E-state index in [1.165, 1.54) is 0 Å². The number of nitrogens with zero attached hydrogens (tertiary/aromatic N) is 2. The molecule has 14 heavy (non-hydrogen) atoms. The van der Waals surface area contributed by atoms with Crippen LogP contribution in [0.1, 0.15) is 11.4 Å². The number of likely N-dealkylation sites (tertiary alicyclic amines) is 1. The molecule has 1 atom stereocenters. The average Bonchev–Trinajstić information content (AvgIpc) is 2.78. The van der Waals surface area contributed by atoms with Crippen molar-refractivity contribution in [3.63, 3.8) is 0 Å². The first-order chi connectivity index (χ1) is 6.79. The second-order valence-corrected chi connectivity index (χ2v) is 5.05. The van der Waals surface area contributed by atoms with Crippen LogP contribution < -0.4 is 0 Å². The highest BCUT2D eigenvalue weighted by molar-refractivity contribution is 9.09. The minimum absolute atomic E-state index is 0.254. The van der Waals surface area contributed by atoms with Crippen LogP contribution in [0.2, 0.25) is 0 Å². The van der Waals surface area contributed by atoms with Gasteiger partial charge < -0.3 is 4.90 Å². The molecule has 1 fully saturated rings. The average molecular weight is 275 g/mol. The lowest BCUT2D eigenvalue weighted by Crippen LogP contribution is -2.24. The highest BCUT2D eigenvalue weighted by atomic mass is 79.9. The Balaban J connectivity index is 1.96. The van der Waals surface area contributed by atoms with Gasteiger partial charge in [-0.1, -0.05) is 15.9 Å². The zero-order valence-electron chi connectivity index (χ0n) is 7.65. The van der Waals surface area contributed by atoms with Crippen LogP contribution in [0.25, 0.3) is 0 Å². The second-order valence-electron chi connectivity index (χ2n) is 3.42. The fraction of sp³-hybridized carbons (Fsp3) is 0.556. The molecular formula is C9H11BrN2OS. The van der Waals surface area contributed by atoms with E-state index in [0.29, 0.717) is 18.9 Å². The molecular weight excluding hydrogens is 264 g/mol. The van der Waals surface area contributed by atoms with Gasteiger partial charge in [0.25, 0.3) is 0 Å². The third kappa shape index (κ3) is 2.15. The van der Waals surface area contributed by atoms with Crippen LogP contribution in [0.15, 0.2) is 11.6 Å². The lowest BCUT2D eigenvalue weighted by Gasteiger charge is -2.13. The molecule has 76 valence electrons. The number of carbonyl (C=O) groups excluding carboxylic acids is 1. The smallest absolute Gasteiger partial charge is 0.223 e. The van der Waals surface area contributed by atoms with Gasteiger partial charge in [0.1, 0.15) is 5.01 Å². The molecule has 1 aromatic rings. The largest absolute Gasteiger partial charge is 0.336 e. The first kappa shape index (κ1) is 10.1. The van der Waals surface area contributed by atoms with Crippen LogP contribution in [0, 0.1) is 5.92 Å². The third-order valence-electron chi connectivity index (χ3n) is 2.32. The number of hydrogen-bond donors (Lipinski definition) is 0. The van der Waals surface area contributed by atoms with Gasteiger partial charge in [0.2, 0.25) is 5.91 Å². The number of rotatable bonds is 3. The van der Waals surface area contributed by atoms with Crippen molar-refractivity contribution in [2.75, 3.05) is 11.9 Å². The fourth-order valence-corrected chi connectivity index (χ4v) is 2.67. The van der Waals surface area contributed by atoms with Gasteiger partial charge in [-0.3, -0.25) is 4.79 Å². The minimum atomic E-state index is 0.254. The van der Waals surface area contributed by atoms with Gasteiger partial charge in [0.05, 0.1) is 6.54 Å². The summed E-state index contributed by atoms with van der Waals surface area (Å²) in [6.45, 7) is 1.55. The van der Waals surface area contributed by atoms with Crippen molar-refractivity contribution >= 4 is 33.2 Å². The first-order valence-electron chi connectivity index (χ1n) is 4.51. The van der Waals surface area contributed by atoms with E-state index in [2.05, 4.69) is 20.9 Å². The molecule has 2 heterocycles. The fourth-order valence-electron chi connectivity index (χ4n) is 1.60. The van der Waals surface area contributed by atoms with E-state index < -0.39 is 0 Å². The molecule has 5 heteroatoms. The van der Waals surface area contributed by atoms with Crippen LogP contribution in [0.5, 0.6) is 0 Å². The summed E-state index contributed by atoms with van der Waals surface area (Å²) in [5, 5.41) is 3.87. The van der Waals surface area contributed by atoms with Gasteiger partial charge in [-0.15, -0.1) is 11.3 Å². The predicted molar refractivity (Wildman–Crippen MR) is 59.4 cm³/mol. The predicted octanol–water partition coefficient (Wildman–Crippen LogP) is 1.89. The van der Waals surface area contributed by atoms with E-state index in [-0.39, 0.29) is 5.91 Å². The first-order valence-corrected chi connectivity index (χ1v) is 6.52. The molecule has 1 amide bonds. The van der Waals surface area contributed by atoms with Crippen molar-refractivity contribution in [2.24, 2.45) is 5.92 Å². The van der Waals surface area contributed by atoms with Gasteiger partial charge in [-0.2, -0.15) is 0 Å². The number of carbonyl (C=O) groups is 1. The molecule has 0 radical (unpaired) electrons. The number of thiazole rings is 1. The molecule has 0 saturated carbocycles. The van der Waals surface area contributed by atoms with Gasteiger partial charge in [0.15, 0.2) is 0 Å². The maximum atomic E-state index is 11.6. The molecule has 0 aliphatic carbocycles. The molecule has 2 rings (SSSR count). The van der Waals surface area contributed by atoms with E-state index >= 15 is 0 Å². The Morgan fingerprint density at radius 3 is 3.14 bits per heavy atom. The van der Waals surface area contributed by atoms with Crippen LogP contribution in [0.3, 0.4) is 0 Å². The Bertz CT molecular complexity index is 315. The summed E-state index contributed by atoms with van der Waals surface area (Å²) in [5.41, 5.74) is 0. The molecule has 1 aliphatic rings. The van der Waals surface area contributed by atoms with E-state index in [9.17, 15) is 4.79 Å². The van der Waals surface area contributed by atoms with Crippen LogP contribution in [-0.2, 0) is 11.3 Å². The van der Waals surface area contributed by atoms with E-state index in [1.807, 2.05) is 10.3 Å². The Morgan fingerprint density at radius 2 is 2.57 bits per heavy atom. The molecule has 0 aromatic carbocycles. The van der Waals surface area contributed by atoms with Gasteiger partial charge in [0, 0.05) is 29.9 Å². The molecule has 0 N–H and O–H groups in total. The normalized spacial score (nSPS) is 21.9. The topological polar surface area (TPSA) is 33.2 Å². The number of hydrogen-bond acceptors (Lipinski definition) is 3. The van der Waals surface area contributed by atoms with Crippen molar-refractivity contribution in [1.82, 2.24) is 9.88 Å². The van der Waals surface area contributed by atoms with E-state index in [1.54, 1.807) is 17.5 Å². The van der Waals surface area contributed by atoms with Crippen LogP contribution >= 0.6 is 27.3 Å². The van der Waals surface area contributed by atoms with Crippen LogP contribution in [-0.4, -0.2) is 27.7 Å². The Kier molecular flexibility index (Phi) is 3.18. The SMILES string of the molecule is O=C1CC(CBr)CN1Cc1nccs1. The van der Waals surface area contributed by atoms with E-state index in [0.717, 1.165) is 16.9 Å². The third-order valence-corrected chi connectivity index (χ3v) is 4.00. The molecule has 0 bridgehead atoms. The molecule has 1 unspecified atom stereocenters. The monoisotopic (exact) mass is 274 g/mol. The molecule has 1 saturated heterocycles. The maximum Gasteiger partial charge on any atom is 0.223 e. The standard InChI is InChI=1S/C9H11BrN2OS/c10-4-7-3-9(13)12(5-7)6-8-11-1-2-14-8/h1-2,7H,3-6H2. The Morgan fingerprint density at radius 1 is 1.71 bits per heavy atom. The van der Waals surface area contributed by atoms with Gasteiger partial charge in [-0.25, -0.2) is 4.98 Å². The maximum absolute atomic E-state index is 11.6. The summed E-state index contributed by atoms with van der Waals surface area (Å²) < 4.78 is 0. The molecule has 1 aliphatic heterocycles. The number of alkyl halides is 1. The van der Waals surface area contributed by atoms with Crippen molar-refractivity contribution in [3.05, 3.63) is 16.6 Å². The summed E-state index contributed by atoms with van der Waals surface area (Å²) in [4.78, 5) is 17.6. The number of amides is 1. The van der Waals surface area contributed by atoms with Gasteiger partial charge >= 0.3 is 0 Å². The Labute approximate surface area is 95.3 Å². The van der Waals surface area contributed by atoms with Crippen molar-refractivity contribution in [3.8, 4) is 0 Å². The summed E-state index contributed by atoms with van der Waals surface area (Å²) in [5.74, 6) is 0.729. The Hall–Kier alpha value is -0.420. The lowest BCUT2D eigenvalue weighted by atomic mass is 10.2. The zero-order chi connectivity index (χ0) is 9.97. The molecule has 0 spiro atoms. The minimum Gasteiger partial charge on any atom is -0.336 e. The summed E-state index contributed by atoms with van der Waals surface area (Å²) in [6.07, 6.45) is 2.46. The van der Waals surface area contributed by atoms with Crippen LogP contribution in [0.4, 0.5) is 0 Å².